The maximum absolute atomic E-state index is 12.8. The van der Waals surface area contributed by atoms with E-state index in [0.29, 0.717) is 16.7 Å². The number of hydrogen-bond donors (Lipinski definition) is 1. The van der Waals surface area contributed by atoms with Crippen LogP contribution < -0.4 is 15.8 Å². The third kappa shape index (κ3) is 3.64. The minimum Gasteiger partial charge on any atom is -0.422 e. The molecule has 0 aliphatic carbocycles. The first-order chi connectivity index (χ1) is 13.5. The van der Waals surface area contributed by atoms with Crippen molar-refractivity contribution in [3.8, 4) is 0 Å². The minimum absolute atomic E-state index is 0.0165. The van der Waals surface area contributed by atoms with Crippen molar-refractivity contribution in [2.24, 2.45) is 0 Å². The Labute approximate surface area is 162 Å². The number of fused-ring (bicyclic) bond motifs is 1. The first-order valence-electron chi connectivity index (χ1n) is 9.35. The lowest BCUT2D eigenvalue weighted by Crippen LogP contribution is -2.45. The number of nitrogens with zero attached hydrogens (tertiary/aromatic N) is 1. The second kappa shape index (κ2) is 7.48. The van der Waals surface area contributed by atoms with Crippen molar-refractivity contribution in [1.82, 2.24) is 0 Å². The molecule has 1 saturated heterocycles. The first kappa shape index (κ1) is 18.3. The van der Waals surface area contributed by atoms with E-state index < -0.39 is 11.5 Å². The van der Waals surface area contributed by atoms with Crippen LogP contribution in [0.4, 0.5) is 11.4 Å². The van der Waals surface area contributed by atoms with E-state index in [0.717, 1.165) is 18.8 Å². The first-order valence-corrected chi connectivity index (χ1v) is 9.35. The summed E-state index contributed by atoms with van der Waals surface area (Å²) in [5.74, 6) is -0.485. The van der Waals surface area contributed by atoms with Crippen molar-refractivity contribution in [2.75, 3.05) is 23.3 Å². The number of para-hydroxylation sites is 3. The molecular formula is C22H22N2O4. The molecule has 3 aromatic rings. The van der Waals surface area contributed by atoms with Crippen molar-refractivity contribution in [1.29, 1.82) is 0 Å². The summed E-state index contributed by atoms with van der Waals surface area (Å²) >= 11 is 0. The maximum atomic E-state index is 12.8. The number of amides is 1. The zero-order chi connectivity index (χ0) is 19.7. The summed E-state index contributed by atoms with van der Waals surface area (Å²) < 4.78 is 11.1. The summed E-state index contributed by atoms with van der Waals surface area (Å²) in [5.41, 5.74) is 1.35. The molecule has 1 aliphatic rings. The SMILES string of the molecule is C[C@H]1CN(c2ccccc2NC(=O)c2cc3ccccc3oc2=O)C[C@H](C)O1. The Morgan fingerprint density at radius 3 is 2.50 bits per heavy atom. The van der Waals surface area contributed by atoms with Gasteiger partial charge in [0.2, 0.25) is 0 Å². The van der Waals surface area contributed by atoms with Gasteiger partial charge in [-0.1, -0.05) is 30.3 Å². The number of ether oxygens (including phenoxy) is 1. The van der Waals surface area contributed by atoms with Crippen molar-refractivity contribution in [3.63, 3.8) is 0 Å². The van der Waals surface area contributed by atoms with Crippen LogP contribution >= 0.6 is 0 Å². The number of anilines is 2. The molecule has 2 aromatic carbocycles. The number of carbonyl (C=O) groups excluding carboxylic acids is 1. The predicted octanol–water partition coefficient (Wildman–Crippen LogP) is 3.66. The lowest BCUT2D eigenvalue weighted by Gasteiger charge is -2.37. The van der Waals surface area contributed by atoms with Crippen molar-refractivity contribution in [2.45, 2.75) is 26.1 Å². The van der Waals surface area contributed by atoms with Gasteiger partial charge in [-0.2, -0.15) is 0 Å². The molecule has 1 N–H and O–H groups in total. The van der Waals surface area contributed by atoms with Gasteiger partial charge in [-0.3, -0.25) is 4.79 Å². The van der Waals surface area contributed by atoms with E-state index in [9.17, 15) is 9.59 Å². The van der Waals surface area contributed by atoms with Gasteiger partial charge in [0, 0.05) is 18.5 Å². The van der Waals surface area contributed by atoms with E-state index in [2.05, 4.69) is 10.2 Å². The Hall–Kier alpha value is -3.12. The summed E-state index contributed by atoms with van der Waals surface area (Å²) in [5, 5.41) is 3.58. The molecule has 28 heavy (non-hydrogen) atoms. The van der Waals surface area contributed by atoms with Crippen LogP contribution in [0.2, 0.25) is 0 Å². The van der Waals surface area contributed by atoms with E-state index in [-0.39, 0.29) is 17.8 Å². The molecule has 144 valence electrons. The summed E-state index contributed by atoms with van der Waals surface area (Å²) in [4.78, 5) is 27.3. The second-order valence-electron chi connectivity index (χ2n) is 7.12. The average Bonchev–Trinajstić information content (AvgIpc) is 2.67. The van der Waals surface area contributed by atoms with Crippen LogP contribution in [-0.2, 0) is 4.74 Å². The topological polar surface area (TPSA) is 71.8 Å². The molecule has 2 atom stereocenters. The fourth-order valence-electron chi connectivity index (χ4n) is 3.64. The molecule has 0 radical (unpaired) electrons. The van der Waals surface area contributed by atoms with Crippen LogP contribution in [-0.4, -0.2) is 31.2 Å². The van der Waals surface area contributed by atoms with Crippen molar-refractivity contribution >= 4 is 28.3 Å². The van der Waals surface area contributed by atoms with Crippen molar-refractivity contribution < 1.29 is 13.9 Å². The third-order valence-electron chi connectivity index (χ3n) is 4.80. The molecule has 0 saturated carbocycles. The monoisotopic (exact) mass is 378 g/mol. The summed E-state index contributed by atoms with van der Waals surface area (Å²) in [6.45, 7) is 5.53. The van der Waals surface area contributed by atoms with Gasteiger partial charge < -0.3 is 19.4 Å². The molecule has 0 spiro atoms. The van der Waals surface area contributed by atoms with Crippen LogP contribution in [0.1, 0.15) is 24.2 Å². The van der Waals surface area contributed by atoms with Gasteiger partial charge in [0.05, 0.1) is 23.6 Å². The molecule has 0 unspecified atom stereocenters. The number of hydrogen-bond acceptors (Lipinski definition) is 5. The molecule has 1 aliphatic heterocycles. The number of rotatable bonds is 3. The van der Waals surface area contributed by atoms with Gasteiger partial charge in [0.15, 0.2) is 0 Å². The third-order valence-corrected chi connectivity index (χ3v) is 4.80. The maximum Gasteiger partial charge on any atom is 0.349 e. The second-order valence-corrected chi connectivity index (χ2v) is 7.12. The van der Waals surface area contributed by atoms with E-state index in [1.165, 1.54) is 0 Å². The highest BCUT2D eigenvalue weighted by Crippen LogP contribution is 2.29. The number of benzene rings is 2. The molecule has 6 heteroatoms. The van der Waals surface area contributed by atoms with Crippen molar-refractivity contribution in [3.05, 3.63) is 70.6 Å². The van der Waals surface area contributed by atoms with E-state index in [1.807, 2.05) is 44.2 Å². The Balaban J connectivity index is 1.64. The van der Waals surface area contributed by atoms with Gasteiger partial charge in [0.1, 0.15) is 11.1 Å². The van der Waals surface area contributed by atoms with Gasteiger partial charge >= 0.3 is 5.63 Å². The highest BCUT2D eigenvalue weighted by atomic mass is 16.5. The smallest absolute Gasteiger partial charge is 0.349 e. The van der Waals surface area contributed by atoms with Gasteiger partial charge in [-0.25, -0.2) is 4.79 Å². The van der Waals surface area contributed by atoms with Gasteiger partial charge in [-0.05, 0) is 38.1 Å². The largest absolute Gasteiger partial charge is 0.422 e. The fraction of sp³-hybridized carbons (Fsp3) is 0.273. The quantitative estimate of drug-likeness (QED) is 0.704. The van der Waals surface area contributed by atoms with Crippen LogP contribution in [0.25, 0.3) is 11.0 Å². The number of carbonyl (C=O) groups is 1. The highest BCUT2D eigenvalue weighted by Gasteiger charge is 2.24. The Morgan fingerprint density at radius 1 is 1.04 bits per heavy atom. The molecule has 1 aromatic heterocycles. The Bertz CT molecular complexity index is 1070. The predicted molar refractivity (Wildman–Crippen MR) is 109 cm³/mol. The normalized spacial score (nSPS) is 19.6. The lowest BCUT2D eigenvalue weighted by atomic mass is 10.1. The molecular weight excluding hydrogens is 356 g/mol. The van der Waals surface area contributed by atoms with E-state index in [1.54, 1.807) is 24.3 Å². The molecule has 4 rings (SSSR count). The van der Waals surface area contributed by atoms with Crippen LogP contribution in [0.3, 0.4) is 0 Å². The average molecular weight is 378 g/mol. The Morgan fingerprint density at radius 2 is 1.71 bits per heavy atom. The number of nitrogens with one attached hydrogen (secondary N) is 1. The lowest BCUT2D eigenvalue weighted by molar-refractivity contribution is -0.00517. The molecule has 2 heterocycles. The zero-order valence-electron chi connectivity index (χ0n) is 15.8. The zero-order valence-corrected chi connectivity index (χ0v) is 15.8. The molecule has 6 nitrogen and oxygen atoms in total. The summed E-state index contributed by atoms with van der Waals surface area (Å²) in [7, 11) is 0. The van der Waals surface area contributed by atoms with Gasteiger partial charge in [0.25, 0.3) is 5.91 Å². The van der Waals surface area contributed by atoms with Gasteiger partial charge in [-0.15, -0.1) is 0 Å². The Kier molecular flexibility index (Phi) is 4.88. The van der Waals surface area contributed by atoms with E-state index in [4.69, 9.17) is 9.15 Å². The highest BCUT2D eigenvalue weighted by molar-refractivity contribution is 6.07. The van der Waals surface area contributed by atoms with Crippen LogP contribution in [0.5, 0.6) is 0 Å². The summed E-state index contributed by atoms with van der Waals surface area (Å²) in [6, 6.07) is 16.3. The number of morpholine rings is 1. The molecule has 0 bridgehead atoms. The fourth-order valence-corrected chi connectivity index (χ4v) is 3.64. The standard InChI is InChI=1S/C22H22N2O4/c1-14-12-24(13-15(2)27-14)19-9-5-4-8-18(19)23-21(25)17-11-16-7-3-6-10-20(16)28-22(17)26/h3-11,14-15H,12-13H2,1-2H3,(H,23,25)/t14-,15-/m0/s1. The van der Waals surface area contributed by atoms with Crippen LogP contribution in [0.15, 0.2) is 63.8 Å². The van der Waals surface area contributed by atoms with E-state index >= 15 is 0 Å². The van der Waals surface area contributed by atoms with Crippen LogP contribution in [0, 0.1) is 0 Å². The molecule has 1 amide bonds. The summed E-state index contributed by atoms with van der Waals surface area (Å²) in [6.07, 6.45) is 0.195. The minimum atomic E-state index is -0.651. The molecule has 1 fully saturated rings.